The summed E-state index contributed by atoms with van der Waals surface area (Å²) >= 11 is 5.93. The fraction of sp³-hybridized carbons (Fsp3) is 0.500. The number of halogens is 1. The van der Waals surface area contributed by atoms with Gasteiger partial charge < -0.3 is 4.74 Å². The minimum absolute atomic E-state index is 0.449. The summed E-state index contributed by atoms with van der Waals surface area (Å²) in [6.45, 7) is 0. The summed E-state index contributed by atoms with van der Waals surface area (Å²) in [5, 5.41) is 5.26. The number of pyridine rings is 1. The van der Waals surface area contributed by atoms with Gasteiger partial charge in [-0.15, -0.1) is 0 Å². The molecule has 0 N–H and O–H groups in total. The molecule has 2 fully saturated rings. The third-order valence-electron chi connectivity index (χ3n) is 4.31. The molecule has 0 aromatic carbocycles. The van der Waals surface area contributed by atoms with Gasteiger partial charge in [-0.1, -0.05) is 24.4 Å². The summed E-state index contributed by atoms with van der Waals surface area (Å²) in [6, 6.07) is 4.15. The summed E-state index contributed by atoms with van der Waals surface area (Å²) in [4.78, 5) is 3.99. The molecule has 2 aliphatic carbocycles. The van der Waals surface area contributed by atoms with Crippen LogP contribution in [0.2, 0.25) is 5.15 Å². The van der Waals surface area contributed by atoms with E-state index in [2.05, 4.69) is 15.9 Å². The standard InChI is InChI=1S/C16H18ClN3O/c17-15-9-13(7-8-18-15)21-14-10-20(12-5-6-12)19-16(14)11-3-1-2-4-11/h7-12H,1-6H2. The van der Waals surface area contributed by atoms with E-state index in [1.165, 1.54) is 38.5 Å². The lowest BCUT2D eigenvalue weighted by atomic mass is 10.0. The molecule has 110 valence electrons. The van der Waals surface area contributed by atoms with Crippen molar-refractivity contribution in [2.45, 2.75) is 50.5 Å². The molecule has 0 saturated heterocycles. The second kappa shape index (κ2) is 5.34. The van der Waals surface area contributed by atoms with Crippen LogP contribution in [0.1, 0.15) is 56.2 Å². The Labute approximate surface area is 129 Å². The average Bonchev–Trinajstić information content (AvgIpc) is 3.02. The van der Waals surface area contributed by atoms with E-state index in [9.17, 15) is 0 Å². The van der Waals surface area contributed by atoms with Crippen molar-refractivity contribution in [1.82, 2.24) is 14.8 Å². The SMILES string of the molecule is Clc1cc(Oc2cn(C3CC3)nc2C2CCCC2)ccn1. The number of ether oxygens (including phenoxy) is 1. The highest BCUT2D eigenvalue weighted by atomic mass is 35.5. The smallest absolute Gasteiger partial charge is 0.168 e. The average molecular weight is 304 g/mol. The molecule has 2 aromatic rings. The van der Waals surface area contributed by atoms with Crippen LogP contribution in [0, 0.1) is 0 Å². The maximum atomic E-state index is 6.05. The number of hydrogen-bond donors (Lipinski definition) is 0. The van der Waals surface area contributed by atoms with Crippen LogP contribution in [0.25, 0.3) is 0 Å². The Morgan fingerprint density at radius 2 is 2.00 bits per heavy atom. The largest absolute Gasteiger partial charge is 0.454 e. The molecule has 2 heterocycles. The van der Waals surface area contributed by atoms with Crippen LogP contribution in [0.4, 0.5) is 0 Å². The number of rotatable bonds is 4. The zero-order chi connectivity index (χ0) is 14.2. The molecule has 0 amide bonds. The molecule has 0 atom stereocenters. The highest BCUT2D eigenvalue weighted by Gasteiger charge is 2.30. The zero-order valence-corrected chi connectivity index (χ0v) is 12.6. The van der Waals surface area contributed by atoms with Crippen molar-refractivity contribution in [2.24, 2.45) is 0 Å². The molecule has 21 heavy (non-hydrogen) atoms. The summed E-state index contributed by atoms with van der Waals surface area (Å²) in [7, 11) is 0. The lowest BCUT2D eigenvalue weighted by Gasteiger charge is -2.09. The van der Waals surface area contributed by atoms with Crippen LogP contribution >= 0.6 is 11.6 Å². The van der Waals surface area contributed by atoms with E-state index >= 15 is 0 Å². The third kappa shape index (κ3) is 2.77. The van der Waals surface area contributed by atoms with Crippen LogP contribution in [-0.2, 0) is 0 Å². The summed E-state index contributed by atoms with van der Waals surface area (Å²) in [5.74, 6) is 2.15. The predicted molar refractivity (Wildman–Crippen MR) is 81.0 cm³/mol. The van der Waals surface area contributed by atoms with E-state index in [4.69, 9.17) is 21.4 Å². The fourth-order valence-corrected chi connectivity index (χ4v) is 3.21. The molecule has 4 nitrogen and oxygen atoms in total. The molecular weight excluding hydrogens is 286 g/mol. The van der Waals surface area contributed by atoms with E-state index in [0.29, 0.717) is 17.1 Å². The van der Waals surface area contributed by atoms with Crippen molar-refractivity contribution in [2.75, 3.05) is 0 Å². The minimum Gasteiger partial charge on any atom is -0.454 e. The Hall–Kier alpha value is -1.55. The van der Waals surface area contributed by atoms with Gasteiger partial charge in [0.1, 0.15) is 16.6 Å². The van der Waals surface area contributed by atoms with Gasteiger partial charge in [-0.2, -0.15) is 5.10 Å². The normalized spacial score (nSPS) is 19.1. The molecule has 2 aliphatic rings. The Balaban J connectivity index is 1.65. The van der Waals surface area contributed by atoms with Crippen molar-refractivity contribution in [3.8, 4) is 11.5 Å². The molecule has 0 bridgehead atoms. The fourth-order valence-electron chi connectivity index (χ4n) is 3.05. The quantitative estimate of drug-likeness (QED) is 0.767. The molecule has 2 saturated carbocycles. The Kier molecular flexibility index (Phi) is 3.34. The van der Waals surface area contributed by atoms with Crippen LogP contribution in [-0.4, -0.2) is 14.8 Å². The number of nitrogens with zero attached hydrogens (tertiary/aromatic N) is 3. The maximum absolute atomic E-state index is 6.05. The highest BCUT2D eigenvalue weighted by Crippen LogP contribution is 2.42. The molecule has 4 rings (SSSR count). The van der Waals surface area contributed by atoms with Gasteiger partial charge in [-0.3, -0.25) is 4.68 Å². The van der Waals surface area contributed by atoms with E-state index < -0.39 is 0 Å². The van der Waals surface area contributed by atoms with Crippen molar-refractivity contribution >= 4 is 11.6 Å². The van der Waals surface area contributed by atoms with Crippen molar-refractivity contribution in [3.63, 3.8) is 0 Å². The lowest BCUT2D eigenvalue weighted by molar-refractivity contribution is 0.468. The van der Waals surface area contributed by atoms with Crippen LogP contribution in [0.3, 0.4) is 0 Å². The van der Waals surface area contributed by atoms with E-state index in [-0.39, 0.29) is 0 Å². The molecule has 0 spiro atoms. The maximum Gasteiger partial charge on any atom is 0.168 e. The van der Waals surface area contributed by atoms with Gasteiger partial charge in [0.15, 0.2) is 5.75 Å². The Morgan fingerprint density at radius 3 is 2.71 bits per heavy atom. The van der Waals surface area contributed by atoms with Crippen LogP contribution in [0.15, 0.2) is 24.5 Å². The molecule has 0 radical (unpaired) electrons. The lowest BCUT2D eigenvalue weighted by Crippen LogP contribution is -1.99. The second-order valence-corrected chi connectivity index (χ2v) is 6.37. The van der Waals surface area contributed by atoms with Crippen LogP contribution in [0.5, 0.6) is 11.5 Å². The van der Waals surface area contributed by atoms with Gasteiger partial charge in [0.25, 0.3) is 0 Å². The molecule has 0 unspecified atom stereocenters. The summed E-state index contributed by atoms with van der Waals surface area (Å²) in [6.07, 6.45) is 11.2. The van der Waals surface area contributed by atoms with Crippen molar-refractivity contribution in [1.29, 1.82) is 0 Å². The van der Waals surface area contributed by atoms with Gasteiger partial charge in [-0.25, -0.2) is 4.98 Å². The first-order chi connectivity index (χ1) is 10.3. The summed E-state index contributed by atoms with van der Waals surface area (Å²) < 4.78 is 8.14. The Bertz CT molecular complexity index is 645. The van der Waals surface area contributed by atoms with E-state index in [0.717, 1.165) is 17.2 Å². The van der Waals surface area contributed by atoms with Crippen LogP contribution < -0.4 is 4.74 Å². The highest BCUT2D eigenvalue weighted by molar-refractivity contribution is 6.29. The first-order valence-corrected chi connectivity index (χ1v) is 8.06. The molecular formula is C16H18ClN3O. The van der Waals surface area contributed by atoms with Gasteiger partial charge in [0.05, 0.1) is 12.2 Å². The van der Waals surface area contributed by atoms with E-state index in [1.54, 1.807) is 12.3 Å². The number of aromatic nitrogens is 3. The van der Waals surface area contributed by atoms with E-state index in [1.807, 2.05) is 6.07 Å². The Morgan fingerprint density at radius 1 is 1.19 bits per heavy atom. The molecule has 0 aliphatic heterocycles. The summed E-state index contributed by atoms with van der Waals surface area (Å²) in [5.41, 5.74) is 1.12. The topological polar surface area (TPSA) is 39.9 Å². The van der Waals surface area contributed by atoms with Gasteiger partial charge >= 0.3 is 0 Å². The minimum atomic E-state index is 0.449. The number of hydrogen-bond acceptors (Lipinski definition) is 3. The monoisotopic (exact) mass is 303 g/mol. The van der Waals surface area contributed by atoms with Crippen molar-refractivity contribution in [3.05, 3.63) is 35.4 Å². The predicted octanol–water partition coefficient (Wildman–Crippen LogP) is 4.72. The first kappa shape index (κ1) is 13.1. The van der Waals surface area contributed by atoms with Gasteiger partial charge in [-0.05, 0) is 31.7 Å². The zero-order valence-electron chi connectivity index (χ0n) is 11.8. The first-order valence-electron chi connectivity index (χ1n) is 7.68. The van der Waals surface area contributed by atoms with Crippen molar-refractivity contribution < 1.29 is 4.74 Å². The second-order valence-electron chi connectivity index (χ2n) is 5.99. The van der Waals surface area contributed by atoms with Gasteiger partial charge in [0, 0.05) is 18.2 Å². The van der Waals surface area contributed by atoms with Gasteiger partial charge in [0.2, 0.25) is 0 Å². The molecule has 2 aromatic heterocycles. The third-order valence-corrected chi connectivity index (χ3v) is 4.52. The molecule has 5 heteroatoms.